The molecule has 5 rings (SSSR count). The maximum absolute atomic E-state index is 13.0. The van der Waals surface area contributed by atoms with E-state index in [0.717, 1.165) is 46.7 Å². The van der Waals surface area contributed by atoms with Crippen molar-refractivity contribution in [2.75, 3.05) is 19.5 Å². The van der Waals surface area contributed by atoms with Gasteiger partial charge in [0.1, 0.15) is 0 Å². The van der Waals surface area contributed by atoms with E-state index < -0.39 is 0 Å². The maximum Gasteiger partial charge on any atom is 0.209 e. The van der Waals surface area contributed by atoms with Gasteiger partial charge in [0.2, 0.25) is 5.95 Å². The topological polar surface area (TPSA) is 65.4 Å². The molecule has 0 saturated heterocycles. The number of fused-ring (bicyclic) bond motifs is 3. The van der Waals surface area contributed by atoms with E-state index in [4.69, 9.17) is 14.5 Å². The largest absolute Gasteiger partial charge is 0.493 e. The lowest BCUT2D eigenvalue weighted by atomic mass is 9.85. The van der Waals surface area contributed by atoms with E-state index in [1.54, 1.807) is 14.2 Å². The number of para-hydroxylation sites is 3. The summed E-state index contributed by atoms with van der Waals surface area (Å²) in [5.74, 6) is 2.22. The Morgan fingerprint density at radius 2 is 1.93 bits per heavy atom. The minimum atomic E-state index is -0.309. The molecular weight excluding hydrogens is 354 g/mol. The number of benzene rings is 2. The number of carbonyl (C=O) groups excluding carboxylic acids is 1. The average molecular weight is 375 g/mol. The number of nitrogens with one attached hydrogen (secondary N) is 1. The molecule has 1 aromatic heterocycles. The normalized spacial score (nSPS) is 18.5. The number of carbonyl (C=O) groups is 1. The predicted octanol–water partition coefficient (Wildman–Crippen LogP) is 4.08. The zero-order valence-electron chi connectivity index (χ0n) is 15.9. The summed E-state index contributed by atoms with van der Waals surface area (Å²) in [6.07, 6.45) is 2.26. The second-order valence-corrected chi connectivity index (χ2v) is 7.07. The van der Waals surface area contributed by atoms with Crippen LogP contribution in [0, 0.1) is 0 Å². The van der Waals surface area contributed by atoms with E-state index >= 15 is 0 Å². The van der Waals surface area contributed by atoms with Crippen LogP contribution in [0.15, 0.2) is 53.7 Å². The van der Waals surface area contributed by atoms with Crippen molar-refractivity contribution in [3.63, 3.8) is 0 Å². The van der Waals surface area contributed by atoms with Crippen molar-refractivity contribution in [3.05, 3.63) is 59.3 Å². The molecule has 1 N–H and O–H groups in total. The van der Waals surface area contributed by atoms with Gasteiger partial charge < -0.3 is 14.8 Å². The van der Waals surface area contributed by atoms with Crippen LogP contribution in [0.3, 0.4) is 0 Å². The van der Waals surface area contributed by atoms with Crippen molar-refractivity contribution in [2.45, 2.75) is 25.3 Å². The summed E-state index contributed by atoms with van der Waals surface area (Å²) in [5, 5.41) is 3.42. The minimum Gasteiger partial charge on any atom is -0.493 e. The number of nitrogens with zero attached hydrogens (tertiary/aromatic N) is 2. The molecule has 3 aromatic rings. The van der Waals surface area contributed by atoms with Gasteiger partial charge in [-0.2, -0.15) is 0 Å². The predicted molar refractivity (Wildman–Crippen MR) is 107 cm³/mol. The number of Topliss-reactive ketones (excluding diaryl/α,β-unsaturated/α-hetero) is 1. The number of aromatic nitrogens is 2. The monoisotopic (exact) mass is 375 g/mol. The lowest BCUT2D eigenvalue weighted by Gasteiger charge is -2.34. The molecule has 2 heterocycles. The van der Waals surface area contributed by atoms with Crippen LogP contribution in [0.2, 0.25) is 0 Å². The number of hydrogen-bond acceptors (Lipinski definition) is 5. The third-order valence-corrected chi connectivity index (χ3v) is 5.57. The fraction of sp³-hybridized carbons (Fsp3) is 0.273. The molecule has 0 bridgehead atoms. The molecule has 0 fully saturated rings. The molecule has 2 aromatic carbocycles. The highest BCUT2D eigenvalue weighted by Gasteiger charge is 2.38. The zero-order valence-corrected chi connectivity index (χ0v) is 15.9. The number of hydrogen-bond donors (Lipinski definition) is 1. The minimum absolute atomic E-state index is 0.173. The smallest absolute Gasteiger partial charge is 0.209 e. The van der Waals surface area contributed by atoms with E-state index in [9.17, 15) is 4.79 Å². The van der Waals surface area contributed by atoms with E-state index in [0.29, 0.717) is 17.9 Å². The van der Waals surface area contributed by atoms with E-state index in [2.05, 4.69) is 9.88 Å². The van der Waals surface area contributed by atoms with Gasteiger partial charge >= 0.3 is 0 Å². The second-order valence-electron chi connectivity index (χ2n) is 7.07. The highest BCUT2D eigenvalue weighted by Crippen LogP contribution is 2.47. The fourth-order valence-electron chi connectivity index (χ4n) is 4.39. The quantitative estimate of drug-likeness (QED) is 0.747. The number of imidazole rings is 1. The van der Waals surface area contributed by atoms with Crippen molar-refractivity contribution < 1.29 is 14.3 Å². The Labute approximate surface area is 162 Å². The molecule has 142 valence electrons. The Hall–Kier alpha value is -3.28. The number of allylic oxidation sites excluding steroid dienone is 2. The Bertz CT molecular complexity index is 1130. The Morgan fingerprint density at radius 1 is 1.07 bits per heavy atom. The van der Waals surface area contributed by atoms with E-state index in [1.807, 2.05) is 42.5 Å². The molecule has 1 unspecified atom stereocenters. The first-order valence-corrected chi connectivity index (χ1v) is 9.44. The zero-order chi connectivity index (χ0) is 19.3. The molecule has 1 aliphatic carbocycles. The van der Waals surface area contributed by atoms with Gasteiger partial charge in [-0.15, -0.1) is 0 Å². The highest BCUT2D eigenvalue weighted by molar-refractivity contribution is 6.00. The summed E-state index contributed by atoms with van der Waals surface area (Å²) in [5.41, 5.74) is 4.53. The molecule has 0 radical (unpaired) electrons. The van der Waals surface area contributed by atoms with Crippen LogP contribution in [-0.4, -0.2) is 29.6 Å². The van der Waals surface area contributed by atoms with Crippen molar-refractivity contribution in [3.8, 4) is 11.5 Å². The number of ether oxygens (including phenoxy) is 2. The van der Waals surface area contributed by atoms with E-state index in [1.165, 1.54) is 0 Å². The second kappa shape index (κ2) is 6.41. The van der Waals surface area contributed by atoms with Crippen LogP contribution in [0.1, 0.15) is 30.9 Å². The average Bonchev–Trinajstić information content (AvgIpc) is 3.10. The van der Waals surface area contributed by atoms with E-state index in [-0.39, 0.29) is 11.8 Å². The van der Waals surface area contributed by atoms with Gasteiger partial charge in [-0.1, -0.05) is 24.3 Å². The molecule has 2 aliphatic rings. The van der Waals surface area contributed by atoms with Gasteiger partial charge in [0.25, 0.3) is 0 Å². The van der Waals surface area contributed by atoms with Crippen LogP contribution in [0.4, 0.5) is 5.95 Å². The van der Waals surface area contributed by atoms with Gasteiger partial charge in [0, 0.05) is 23.3 Å². The van der Waals surface area contributed by atoms with Gasteiger partial charge in [-0.3, -0.25) is 9.36 Å². The summed E-state index contributed by atoms with van der Waals surface area (Å²) in [6.45, 7) is 0. The summed E-state index contributed by atoms with van der Waals surface area (Å²) in [6, 6.07) is 13.5. The number of methoxy groups -OCH3 is 2. The van der Waals surface area contributed by atoms with Crippen LogP contribution in [0.25, 0.3) is 11.0 Å². The molecule has 0 amide bonds. The third kappa shape index (κ3) is 2.34. The first-order chi connectivity index (χ1) is 13.7. The van der Waals surface area contributed by atoms with Crippen LogP contribution >= 0.6 is 0 Å². The van der Waals surface area contributed by atoms with Crippen LogP contribution in [-0.2, 0) is 4.79 Å². The standard InChI is InChI=1S/C22H21N3O3/c1-27-18-12-5-7-13(21(18)28-2)20-19-15(9-6-11-17(19)26)24-22-23-14-8-3-4-10-16(14)25(20)22/h3-5,7-8,10,12,20H,6,9,11H2,1-2H3,(H,23,24). The summed E-state index contributed by atoms with van der Waals surface area (Å²) < 4.78 is 13.4. The van der Waals surface area contributed by atoms with Gasteiger partial charge in [-0.05, 0) is 31.0 Å². The van der Waals surface area contributed by atoms with Gasteiger partial charge in [-0.25, -0.2) is 4.98 Å². The van der Waals surface area contributed by atoms with Crippen LogP contribution < -0.4 is 14.8 Å². The Kier molecular flexibility index (Phi) is 3.86. The van der Waals surface area contributed by atoms with Crippen molar-refractivity contribution in [2.24, 2.45) is 0 Å². The fourth-order valence-corrected chi connectivity index (χ4v) is 4.39. The molecular formula is C22H21N3O3. The molecule has 1 atom stereocenters. The molecule has 28 heavy (non-hydrogen) atoms. The molecule has 1 aliphatic heterocycles. The van der Waals surface area contributed by atoms with Crippen molar-refractivity contribution in [1.82, 2.24) is 9.55 Å². The number of anilines is 1. The molecule has 0 saturated carbocycles. The van der Waals surface area contributed by atoms with Crippen molar-refractivity contribution >= 4 is 22.8 Å². The maximum atomic E-state index is 13.0. The molecule has 6 heteroatoms. The number of ketones is 1. The Balaban J connectivity index is 1.84. The number of rotatable bonds is 3. The lowest BCUT2D eigenvalue weighted by Crippen LogP contribution is -2.31. The Morgan fingerprint density at radius 3 is 2.75 bits per heavy atom. The molecule has 6 nitrogen and oxygen atoms in total. The summed E-state index contributed by atoms with van der Waals surface area (Å²) in [4.78, 5) is 17.8. The van der Waals surface area contributed by atoms with Gasteiger partial charge in [0.15, 0.2) is 17.3 Å². The first kappa shape index (κ1) is 16.9. The van der Waals surface area contributed by atoms with Crippen LogP contribution in [0.5, 0.6) is 11.5 Å². The highest BCUT2D eigenvalue weighted by atomic mass is 16.5. The lowest BCUT2D eigenvalue weighted by molar-refractivity contribution is -0.116. The SMILES string of the molecule is COc1cccc(C2C3=C(CCCC3=O)Nc3nc4ccccc4n32)c1OC. The van der Waals surface area contributed by atoms with Gasteiger partial charge in [0.05, 0.1) is 31.3 Å². The first-order valence-electron chi connectivity index (χ1n) is 9.44. The summed E-state index contributed by atoms with van der Waals surface area (Å²) in [7, 11) is 3.26. The van der Waals surface area contributed by atoms with Crippen molar-refractivity contribution in [1.29, 1.82) is 0 Å². The third-order valence-electron chi connectivity index (χ3n) is 5.57. The summed E-state index contributed by atoms with van der Waals surface area (Å²) >= 11 is 0. The molecule has 0 spiro atoms.